The molecule has 172 valence electrons. The van der Waals surface area contributed by atoms with Crippen LogP contribution in [0.2, 0.25) is 0 Å². The number of carbonyl (C=O) groups excluding carboxylic acids is 4. The van der Waals surface area contributed by atoms with Gasteiger partial charge in [-0.15, -0.1) is 0 Å². The fraction of sp³-hybridized carbons (Fsp3) is 0.706. The van der Waals surface area contributed by atoms with E-state index in [9.17, 15) is 24.0 Å². The molecule has 3 unspecified atom stereocenters. The maximum Gasteiger partial charge on any atom is 0.326 e. The van der Waals surface area contributed by atoms with E-state index in [1.807, 2.05) is 12.5 Å². The number of primary amides is 1. The summed E-state index contributed by atoms with van der Waals surface area (Å²) >= 11 is 2.96. The Labute approximate surface area is 184 Å². The van der Waals surface area contributed by atoms with Gasteiger partial charge in [-0.25, -0.2) is 4.79 Å². The van der Waals surface area contributed by atoms with Gasteiger partial charge in [0.2, 0.25) is 23.6 Å². The SMILES string of the molecule is CSCCC(N)C(=O)NC(CCC(N)=O)C(=O)NCC(=O)NC(CCSC)C(=O)O. The molecule has 0 bridgehead atoms. The van der Waals surface area contributed by atoms with Crippen LogP contribution < -0.4 is 27.4 Å². The molecule has 0 rings (SSSR count). The van der Waals surface area contributed by atoms with Crippen molar-refractivity contribution in [2.24, 2.45) is 11.5 Å². The predicted molar refractivity (Wildman–Crippen MR) is 117 cm³/mol. The van der Waals surface area contributed by atoms with E-state index in [2.05, 4.69) is 16.0 Å². The summed E-state index contributed by atoms with van der Waals surface area (Å²) in [5.41, 5.74) is 10.9. The van der Waals surface area contributed by atoms with Crippen molar-refractivity contribution in [3.05, 3.63) is 0 Å². The van der Waals surface area contributed by atoms with Crippen LogP contribution in [0.3, 0.4) is 0 Å². The summed E-state index contributed by atoms with van der Waals surface area (Å²) in [6.45, 7) is -0.483. The summed E-state index contributed by atoms with van der Waals surface area (Å²) in [5, 5.41) is 16.3. The van der Waals surface area contributed by atoms with Crippen molar-refractivity contribution in [1.29, 1.82) is 0 Å². The Balaban J connectivity index is 4.82. The lowest BCUT2D eigenvalue weighted by molar-refractivity contribution is -0.141. The standard InChI is InChI=1S/C17H31N5O6S2/c1-29-7-5-10(18)15(25)22-11(3-4-13(19)23)16(26)20-9-14(24)21-12(17(27)28)6-8-30-2/h10-12H,3-9,18H2,1-2H3,(H2,19,23)(H,20,26)(H,21,24)(H,22,25)(H,27,28). The molecular weight excluding hydrogens is 434 g/mol. The second-order valence-corrected chi connectivity index (χ2v) is 8.38. The maximum atomic E-state index is 12.4. The van der Waals surface area contributed by atoms with Crippen LogP contribution in [0.4, 0.5) is 0 Å². The largest absolute Gasteiger partial charge is 0.480 e. The highest BCUT2D eigenvalue weighted by Crippen LogP contribution is 2.03. The Hall–Kier alpha value is -1.99. The van der Waals surface area contributed by atoms with Crippen LogP contribution in [0.1, 0.15) is 25.7 Å². The van der Waals surface area contributed by atoms with Gasteiger partial charge < -0.3 is 32.5 Å². The van der Waals surface area contributed by atoms with Gasteiger partial charge in [-0.3, -0.25) is 19.2 Å². The van der Waals surface area contributed by atoms with Gasteiger partial charge in [0, 0.05) is 6.42 Å². The number of thioether (sulfide) groups is 2. The van der Waals surface area contributed by atoms with Gasteiger partial charge in [-0.1, -0.05) is 0 Å². The van der Waals surface area contributed by atoms with Crippen LogP contribution in [0, 0.1) is 0 Å². The molecule has 8 N–H and O–H groups in total. The number of nitrogens with one attached hydrogen (secondary N) is 3. The highest BCUT2D eigenvalue weighted by atomic mass is 32.2. The number of amides is 4. The molecule has 0 heterocycles. The van der Waals surface area contributed by atoms with Crippen molar-refractivity contribution in [3.8, 4) is 0 Å². The predicted octanol–water partition coefficient (Wildman–Crippen LogP) is -1.74. The van der Waals surface area contributed by atoms with Crippen molar-refractivity contribution < 1.29 is 29.1 Å². The van der Waals surface area contributed by atoms with E-state index in [4.69, 9.17) is 16.6 Å². The first-order chi connectivity index (χ1) is 14.1. The maximum absolute atomic E-state index is 12.4. The fourth-order valence-electron chi connectivity index (χ4n) is 2.24. The zero-order valence-corrected chi connectivity index (χ0v) is 18.8. The summed E-state index contributed by atoms with van der Waals surface area (Å²) in [4.78, 5) is 58.8. The molecule has 0 spiro atoms. The van der Waals surface area contributed by atoms with E-state index in [0.717, 1.165) is 0 Å². The van der Waals surface area contributed by atoms with E-state index >= 15 is 0 Å². The van der Waals surface area contributed by atoms with E-state index in [1.165, 1.54) is 23.5 Å². The van der Waals surface area contributed by atoms with Crippen LogP contribution in [-0.2, 0) is 24.0 Å². The minimum Gasteiger partial charge on any atom is -0.480 e. The van der Waals surface area contributed by atoms with Crippen LogP contribution in [-0.4, -0.2) is 83.4 Å². The molecule has 30 heavy (non-hydrogen) atoms. The van der Waals surface area contributed by atoms with E-state index in [1.54, 1.807) is 0 Å². The molecule has 3 atom stereocenters. The topological polar surface area (TPSA) is 194 Å². The smallest absolute Gasteiger partial charge is 0.326 e. The van der Waals surface area contributed by atoms with E-state index in [-0.39, 0.29) is 19.3 Å². The third kappa shape index (κ3) is 12.5. The van der Waals surface area contributed by atoms with Crippen molar-refractivity contribution in [2.45, 2.75) is 43.8 Å². The molecule has 0 aliphatic carbocycles. The number of carboxylic acid groups (broad SMARTS) is 1. The van der Waals surface area contributed by atoms with Crippen molar-refractivity contribution >= 4 is 53.1 Å². The molecule has 11 nitrogen and oxygen atoms in total. The number of hydrogen-bond acceptors (Lipinski definition) is 8. The van der Waals surface area contributed by atoms with Crippen molar-refractivity contribution in [3.63, 3.8) is 0 Å². The first kappa shape index (κ1) is 28.0. The monoisotopic (exact) mass is 465 g/mol. The van der Waals surface area contributed by atoms with Gasteiger partial charge in [0.15, 0.2) is 0 Å². The van der Waals surface area contributed by atoms with Crippen molar-refractivity contribution in [2.75, 3.05) is 30.6 Å². The Morgan fingerprint density at radius 2 is 1.50 bits per heavy atom. The van der Waals surface area contributed by atoms with Gasteiger partial charge in [0.25, 0.3) is 0 Å². The molecule has 0 saturated heterocycles. The zero-order valence-electron chi connectivity index (χ0n) is 17.1. The van der Waals surface area contributed by atoms with Crippen LogP contribution in [0.5, 0.6) is 0 Å². The van der Waals surface area contributed by atoms with Crippen LogP contribution >= 0.6 is 23.5 Å². The van der Waals surface area contributed by atoms with Gasteiger partial charge in [0.1, 0.15) is 12.1 Å². The molecule has 0 aliphatic rings. The molecule has 0 saturated carbocycles. The highest BCUT2D eigenvalue weighted by Gasteiger charge is 2.25. The van der Waals surface area contributed by atoms with E-state index < -0.39 is 54.3 Å². The molecule has 0 aromatic carbocycles. The quantitative estimate of drug-likeness (QED) is 0.153. The summed E-state index contributed by atoms with van der Waals surface area (Å²) in [6.07, 6.45) is 4.12. The summed E-state index contributed by atoms with van der Waals surface area (Å²) in [7, 11) is 0. The third-order valence-electron chi connectivity index (χ3n) is 3.95. The van der Waals surface area contributed by atoms with Gasteiger partial charge in [0.05, 0.1) is 12.6 Å². The molecule has 0 radical (unpaired) electrons. The van der Waals surface area contributed by atoms with Crippen molar-refractivity contribution in [1.82, 2.24) is 16.0 Å². The average molecular weight is 466 g/mol. The number of nitrogens with two attached hydrogens (primary N) is 2. The van der Waals surface area contributed by atoms with Gasteiger partial charge in [-0.2, -0.15) is 23.5 Å². The first-order valence-electron chi connectivity index (χ1n) is 9.24. The molecule has 4 amide bonds. The minimum absolute atomic E-state index is 0.0603. The molecule has 0 fully saturated rings. The highest BCUT2D eigenvalue weighted by molar-refractivity contribution is 7.98. The number of carbonyl (C=O) groups is 5. The zero-order chi connectivity index (χ0) is 23.1. The third-order valence-corrected chi connectivity index (χ3v) is 5.24. The Morgan fingerprint density at radius 1 is 0.900 bits per heavy atom. The Morgan fingerprint density at radius 3 is 2.03 bits per heavy atom. The summed E-state index contributed by atoms with van der Waals surface area (Å²) < 4.78 is 0. The lowest BCUT2D eigenvalue weighted by atomic mass is 10.1. The second-order valence-electron chi connectivity index (χ2n) is 6.41. The number of hydrogen-bond donors (Lipinski definition) is 6. The normalized spacial score (nSPS) is 13.6. The summed E-state index contributed by atoms with van der Waals surface area (Å²) in [5.74, 6) is -2.56. The number of carboxylic acids is 1. The second kappa shape index (κ2) is 15.8. The van der Waals surface area contributed by atoms with E-state index in [0.29, 0.717) is 17.9 Å². The van der Waals surface area contributed by atoms with Gasteiger partial charge in [-0.05, 0) is 43.3 Å². The molecule has 13 heteroatoms. The lowest BCUT2D eigenvalue weighted by Gasteiger charge is -2.20. The molecule has 0 aromatic heterocycles. The lowest BCUT2D eigenvalue weighted by Crippen LogP contribution is -2.53. The van der Waals surface area contributed by atoms with Gasteiger partial charge >= 0.3 is 5.97 Å². The number of rotatable bonds is 16. The Bertz CT molecular complexity index is 607. The first-order valence-corrected chi connectivity index (χ1v) is 12.0. The minimum atomic E-state index is -1.17. The number of aliphatic carboxylic acids is 1. The molecule has 0 aliphatic heterocycles. The fourth-order valence-corrected chi connectivity index (χ4v) is 3.20. The summed E-state index contributed by atoms with van der Waals surface area (Å²) in [6, 6.07) is -3.00. The van der Waals surface area contributed by atoms with Crippen LogP contribution in [0.25, 0.3) is 0 Å². The Kier molecular flexibility index (Phi) is 14.7. The molecule has 0 aromatic rings. The van der Waals surface area contributed by atoms with Crippen LogP contribution in [0.15, 0.2) is 0 Å². The molecular formula is C17H31N5O6S2. The average Bonchev–Trinajstić information content (AvgIpc) is 2.69.